The highest BCUT2D eigenvalue weighted by Crippen LogP contribution is 2.12. The second-order valence-corrected chi connectivity index (χ2v) is 3.91. The second-order valence-electron chi connectivity index (χ2n) is 3.91. The molecule has 5 nitrogen and oxygen atoms in total. The van der Waals surface area contributed by atoms with Crippen molar-refractivity contribution in [2.24, 2.45) is 0 Å². The fourth-order valence-corrected chi connectivity index (χ4v) is 1.51. The number of ether oxygens (including phenoxy) is 1. The Morgan fingerprint density at radius 3 is 2.59 bits per heavy atom. The predicted molar refractivity (Wildman–Crippen MR) is 66.1 cm³/mol. The minimum Gasteiger partial charge on any atom is -0.377 e. The number of likely N-dealkylation sites (N-methyl/N-ethyl adjacent to an activating group) is 1. The summed E-state index contributed by atoms with van der Waals surface area (Å²) < 4.78 is 5.57. The number of nitro groups is 1. The summed E-state index contributed by atoms with van der Waals surface area (Å²) in [6.07, 6.45) is 0.949. The Morgan fingerprint density at radius 2 is 2.06 bits per heavy atom. The first kappa shape index (κ1) is 13.6. The lowest BCUT2D eigenvalue weighted by Crippen LogP contribution is -2.24. The molecule has 0 heterocycles. The van der Waals surface area contributed by atoms with E-state index in [0.29, 0.717) is 6.61 Å². The summed E-state index contributed by atoms with van der Waals surface area (Å²) in [6, 6.07) is 6.58. The van der Waals surface area contributed by atoms with Crippen LogP contribution in [0.3, 0.4) is 0 Å². The third kappa shape index (κ3) is 4.93. The van der Waals surface area contributed by atoms with Gasteiger partial charge in [0.2, 0.25) is 0 Å². The van der Waals surface area contributed by atoms with Gasteiger partial charge >= 0.3 is 0 Å². The van der Waals surface area contributed by atoms with E-state index in [1.165, 1.54) is 12.1 Å². The molecule has 0 saturated carbocycles. The quantitative estimate of drug-likeness (QED) is 0.580. The lowest BCUT2D eigenvalue weighted by atomic mass is 10.1. The van der Waals surface area contributed by atoms with E-state index in [2.05, 4.69) is 5.32 Å². The Bertz CT molecular complexity index is 351. The van der Waals surface area contributed by atoms with Gasteiger partial charge in [-0.15, -0.1) is 0 Å². The average molecular weight is 238 g/mol. The highest BCUT2D eigenvalue weighted by Gasteiger charge is 2.04. The monoisotopic (exact) mass is 238 g/mol. The molecule has 1 rings (SSSR count). The molecule has 1 atom stereocenters. The van der Waals surface area contributed by atoms with Crippen molar-refractivity contribution in [1.82, 2.24) is 5.32 Å². The number of nitrogens with one attached hydrogen (secondary N) is 1. The molecule has 5 heteroatoms. The van der Waals surface area contributed by atoms with Gasteiger partial charge in [-0.25, -0.2) is 0 Å². The molecule has 0 spiro atoms. The largest absolute Gasteiger partial charge is 0.377 e. The zero-order valence-electron chi connectivity index (χ0n) is 10.2. The van der Waals surface area contributed by atoms with Crippen molar-refractivity contribution in [1.29, 1.82) is 0 Å². The molecule has 0 fully saturated rings. The van der Waals surface area contributed by atoms with Crippen molar-refractivity contribution in [2.45, 2.75) is 19.4 Å². The molecule has 1 aromatic rings. The molecule has 0 radical (unpaired) electrons. The first-order valence-corrected chi connectivity index (χ1v) is 5.63. The minimum atomic E-state index is -0.394. The van der Waals surface area contributed by atoms with Crippen LogP contribution in [0.4, 0.5) is 5.69 Å². The van der Waals surface area contributed by atoms with Gasteiger partial charge in [0.05, 0.1) is 17.6 Å². The summed E-state index contributed by atoms with van der Waals surface area (Å²) in [6.45, 7) is 3.45. The van der Waals surface area contributed by atoms with Gasteiger partial charge in [-0.05, 0) is 26.0 Å². The maximum atomic E-state index is 10.5. The Labute approximate surface area is 101 Å². The number of hydrogen-bond acceptors (Lipinski definition) is 4. The molecule has 0 aliphatic heterocycles. The van der Waals surface area contributed by atoms with Gasteiger partial charge in [0.15, 0.2) is 0 Å². The smallest absolute Gasteiger partial charge is 0.269 e. The Hall–Kier alpha value is -1.46. The molecule has 17 heavy (non-hydrogen) atoms. The van der Waals surface area contributed by atoms with Crippen LogP contribution in [0.1, 0.15) is 12.5 Å². The molecule has 1 aromatic carbocycles. The zero-order valence-corrected chi connectivity index (χ0v) is 10.2. The number of nitrogens with zero attached hydrogens (tertiary/aromatic N) is 1. The highest BCUT2D eigenvalue weighted by molar-refractivity contribution is 5.32. The molecule has 0 bridgehead atoms. The SMILES string of the molecule is CNCC(C)OCCc1ccc([N+](=O)[O-])cc1. The van der Waals surface area contributed by atoms with Crippen LogP contribution < -0.4 is 5.32 Å². The predicted octanol–water partition coefficient (Wildman–Crippen LogP) is 1.76. The van der Waals surface area contributed by atoms with Gasteiger partial charge < -0.3 is 10.1 Å². The second kappa shape index (κ2) is 6.98. The molecule has 1 N–H and O–H groups in total. The number of hydrogen-bond donors (Lipinski definition) is 1. The maximum absolute atomic E-state index is 10.5. The minimum absolute atomic E-state index is 0.123. The van der Waals surface area contributed by atoms with E-state index in [1.54, 1.807) is 12.1 Å². The molecular formula is C12H18N2O3. The number of benzene rings is 1. The van der Waals surface area contributed by atoms with Crippen molar-refractivity contribution in [3.05, 3.63) is 39.9 Å². The first-order valence-electron chi connectivity index (χ1n) is 5.63. The van der Waals surface area contributed by atoms with Crippen LogP contribution in [0.5, 0.6) is 0 Å². The lowest BCUT2D eigenvalue weighted by Gasteiger charge is -2.12. The van der Waals surface area contributed by atoms with Crippen molar-refractivity contribution < 1.29 is 9.66 Å². The molecular weight excluding hydrogens is 220 g/mol. The molecule has 0 aliphatic carbocycles. The Morgan fingerprint density at radius 1 is 1.41 bits per heavy atom. The van der Waals surface area contributed by atoms with Crippen LogP contribution in [0.2, 0.25) is 0 Å². The van der Waals surface area contributed by atoms with E-state index in [1.807, 2.05) is 14.0 Å². The van der Waals surface area contributed by atoms with Crippen LogP contribution in [0.15, 0.2) is 24.3 Å². The summed E-state index contributed by atoms with van der Waals surface area (Å²) in [4.78, 5) is 10.1. The van der Waals surface area contributed by atoms with E-state index in [4.69, 9.17) is 4.74 Å². The van der Waals surface area contributed by atoms with E-state index in [9.17, 15) is 10.1 Å². The van der Waals surface area contributed by atoms with Gasteiger partial charge in [-0.3, -0.25) is 10.1 Å². The molecule has 0 aromatic heterocycles. The van der Waals surface area contributed by atoms with Gasteiger partial charge in [-0.2, -0.15) is 0 Å². The summed E-state index contributed by atoms with van der Waals surface area (Å²) in [5.41, 5.74) is 1.17. The number of rotatable bonds is 7. The van der Waals surface area contributed by atoms with Crippen molar-refractivity contribution >= 4 is 5.69 Å². The van der Waals surface area contributed by atoms with Gasteiger partial charge in [0.1, 0.15) is 0 Å². The normalized spacial score (nSPS) is 12.4. The van der Waals surface area contributed by atoms with Gasteiger partial charge in [-0.1, -0.05) is 12.1 Å². The third-order valence-corrected chi connectivity index (χ3v) is 2.43. The summed E-state index contributed by atoms with van der Waals surface area (Å²) in [5, 5.41) is 13.5. The zero-order chi connectivity index (χ0) is 12.7. The maximum Gasteiger partial charge on any atom is 0.269 e. The van der Waals surface area contributed by atoms with Crippen LogP contribution in [0, 0.1) is 10.1 Å². The van der Waals surface area contributed by atoms with Crippen LogP contribution in [-0.4, -0.2) is 31.2 Å². The average Bonchev–Trinajstić information content (AvgIpc) is 2.30. The van der Waals surface area contributed by atoms with Crippen LogP contribution >= 0.6 is 0 Å². The van der Waals surface area contributed by atoms with Gasteiger partial charge in [0, 0.05) is 18.7 Å². The fourth-order valence-electron chi connectivity index (χ4n) is 1.51. The molecule has 0 amide bonds. The van der Waals surface area contributed by atoms with Crippen molar-refractivity contribution in [2.75, 3.05) is 20.2 Å². The summed E-state index contributed by atoms with van der Waals surface area (Å²) in [5.74, 6) is 0. The van der Waals surface area contributed by atoms with Crippen molar-refractivity contribution in [3.63, 3.8) is 0 Å². The van der Waals surface area contributed by atoms with E-state index in [-0.39, 0.29) is 11.8 Å². The Balaban J connectivity index is 2.34. The van der Waals surface area contributed by atoms with Crippen molar-refractivity contribution in [3.8, 4) is 0 Å². The van der Waals surface area contributed by atoms with Crippen LogP contribution in [-0.2, 0) is 11.2 Å². The first-order chi connectivity index (χ1) is 8.13. The highest BCUT2D eigenvalue weighted by atomic mass is 16.6. The van der Waals surface area contributed by atoms with Crippen LogP contribution in [0.25, 0.3) is 0 Å². The van der Waals surface area contributed by atoms with E-state index < -0.39 is 4.92 Å². The van der Waals surface area contributed by atoms with Gasteiger partial charge in [0.25, 0.3) is 5.69 Å². The molecule has 0 saturated heterocycles. The fraction of sp³-hybridized carbons (Fsp3) is 0.500. The third-order valence-electron chi connectivity index (χ3n) is 2.43. The number of nitro benzene ring substituents is 1. The summed E-state index contributed by atoms with van der Waals surface area (Å²) in [7, 11) is 1.89. The number of non-ortho nitro benzene ring substituents is 1. The Kier molecular flexibility index (Phi) is 5.59. The van der Waals surface area contributed by atoms with E-state index in [0.717, 1.165) is 18.5 Å². The molecule has 0 aliphatic rings. The summed E-state index contributed by atoms with van der Waals surface area (Å²) >= 11 is 0. The lowest BCUT2D eigenvalue weighted by molar-refractivity contribution is -0.384. The topological polar surface area (TPSA) is 64.4 Å². The molecule has 1 unspecified atom stereocenters. The standard InChI is InChI=1S/C12H18N2O3/c1-10(9-13-2)17-8-7-11-3-5-12(6-4-11)14(15)16/h3-6,10,13H,7-9H2,1-2H3. The van der Waals surface area contributed by atoms with E-state index >= 15 is 0 Å². The molecule has 94 valence electrons.